The van der Waals surface area contributed by atoms with E-state index in [4.69, 9.17) is 16.6 Å². The van der Waals surface area contributed by atoms with Gasteiger partial charge in [-0.15, -0.1) is 0 Å². The van der Waals surface area contributed by atoms with Gasteiger partial charge in [-0.1, -0.05) is 23.7 Å². The molecule has 0 spiro atoms. The minimum absolute atomic E-state index is 0.498. The Balaban J connectivity index is 1.48. The molecule has 1 saturated heterocycles. The van der Waals surface area contributed by atoms with Crippen LogP contribution in [0.25, 0.3) is 5.57 Å². The maximum absolute atomic E-state index is 6.29. The Labute approximate surface area is 172 Å². The van der Waals surface area contributed by atoms with Crippen molar-refractivity contribution in [2.45, 2.75) is 39.2 Å². The number of allylic oxidation sites excluding steroid dienone is 1. The van der Waals surface area contributed by atoms with Crippen molar-refractivity contribution in [3.63, 3.8) is 0 Å². The number of hydrogen-bond donors (Lipinski definition) is 1. The van der Waals surface area contributed by atoms with Crippen LogP contribution < -0.4 is 5.32 Å². The van der Waals surface area contributed by atoms with Gasteiger partial charge in [-0.3, -0.25) is 4.99 Å². The average Bonchev–Trinajstić information content (AvgIpc) is 3.16. The molecule has 0 atom stereocenters. The topological polar surface area (TPSA) is 40.5 Å². The quantitative estimate of drug-likeness (QED) is 0.784. The molecule has 28 heavy (non-hydrogen) atoms. The molecule has 2 aliphatic rings. The molecule has 2 aromatic rings. The number of halogens is 1. The van der Waals surface area contributed by atoms with E-state index in [2.05, 4.69) is 47.4 Å². The number of hydrogen-bond acceptors (Lipinski definition) is 4. The number of rotatable bonds is 4. The maximum atomic E-state index is 6.29. The summed E-state index contributed by atoms with van der Waals surface area (Å²) in [7, 11) is 2.19. The zero-order chi connectivity index (χ0) is 19.7. The van der Waals surface area contributed by atoms with Gasteiger partial charge in [0.05, 0.1) is 11.4 Å². The number of aromatic nitrogens is 1. The summed E-state index contributed by atoms with van der Waals surface area (Å²) in [5.74, 6) is 0.970. The Morgan fingerprint density at radius 2 is 1.89 bits per heavy atom. The van der Waals surface area contributed by atoms with Crippen molar-refractivity contribution < 1.29 is 0 Å². The molecule has 0 aliphatic carbocycles. The molecule has 1 aromatic heterocycles. The van der Waals surface area contributed by atoms with E-state index < -0.39 is 0 Å². The lowest BCUT2D eigenvalue weighted by molar-refractivity contribution is 0.263. The third-order valence-corrected chi connectivity index (χ3v) is 6.02. The smallest absolute Gasteiger partial charge is 0.127 e. The fourth-order valence-electron chi connectivity index (χ4n) is 3.80. The third-order valence-electron chi connectivity index (χ3n) is 5.61. The molecule has 0 radical (unpaired) electrons. The van der Waals surface area contributed by atoms with Gasteiger partial charge in [0, 0.05) is 29.3 Å². The molecule has 2 aliphatic heterocycles. The number of aliphatic imine (C=N–C) groups is 1. The number of nitrogens with zero attached hydrogens (tertiary/aromatic N) is 3. The summed E-state index contributed by atoms with van der Waals surface area (Å²) in [6.07, 6.45) is 5.05. The van der Waals surface area contributed by atoms with Crippen LogP contribution in [0.1, 0.15) is 41.6 Å². The van der Waals surface area contributed by atoms with Crippen molar-refractivity contribution in [3.05, 3.63) is 63.9 Å². The Hall–Kier alpha value is -2.17. The monoisotopic (exact) mass is 394 g/mol. The summed E-state index contributed by atoms with van der Waals surface area (Å²) in [6.45, 7) is 6.42. The Morgan fingerprint density at radius 1 is 1.11 bits per heavy atom. The molecule has 4 rings (SSSR count). The molecule has 146 valence electrons. The molecular weight excluding hydrogens is 368 g/mol. The molecule has 0 bridgehead atoms. The highest BCUT2D eigenvalue weighted by atomic mass is 35.5. The van der Waals surface area contributed by atoms with Crippen LogP contribution in [0.5, 0.6) is 0 Å². The van der Waals surface area contributed by atoms with E-state index in [0.29, 0.717) is 6.04 Å². The summed E-state index contributed by atoms with van der Waals surface area (Å²) in [6, 6.07) is 10.9. The normalized spacial score (nSPS) is 18.1. The summed E-state index contributed by atoms with van der Waals surface area (Å²) in [5, 5.41) is 4.43. The highest BCUT2D eigenvalue weighted by Gasteiger charge is 2.19. The second-order valence-corrected chi connectivity index (χ2v) is 8.41. The lowest BCUT2D eigenvalue weighted by Crippen LogP contribution is -2.36. The number of nitrogens with one attached hydrogen (secondary N) is 1. The van der Waals surface area contributed by atoms with Gasteiger partial charge in [0.25, 0.3) is 0 Å². The van der Waals surface area contributed by atoms with Crippen LogP contribution in [0.4, 0.5) is 5.82 Å². The van der Waals surface area contributed by atoms with Crippen LogP contribution in [0, 0.1) is 13.8 Å². The molecule has 4 nitrogen and oxygen atoms in total. The minimum Gasteiger partial charge on any atom is -0.367 e. The lowest BCUT2D eigenvalue weighted by Gasteiger charge is -2.30. The van der Waals surface area contributed by atoms with Crippen LogP contribution in [0.2, 0.25) is 5.02 Å². The van der Waals surface area contributed by atoms with Crippen molar-refractivity contribution in [1.82, 2.24) is 9.88 Å². The van der Waals surface area contributed by atoms with Crippen LogP contribution in [0.3, 0.4) is 0 Å². The number of piperidine rings is 1. The molecule has 5 heteroatoms. The predicted molar refractivity (Wildman–Crippen MR) is 118 cm³/mol. The maximum Gasteiger partial charge on any atom is 0.127 e. The van der Waals surface area contributed by atoms with Gasteiger partial charge in [0.1, 0.15) is 5.82 Å². The number of benzene rings is 1. The van der Waals surface area contributed by atoms with Gasteiger partial charge in [0.2, 0.25) is 0 Å². The molecular formula is C23H27ClN4. The van der Waals surface area contributed by atoms with Crippen molar-refractivity contribution >= 4 is 28.7 Å². The first-order valence-electron chi connectivity index (χ1n) is 9.94. The Bertz CT molecular complexity index is 940. The summed E-state index contributed by atoms with van der Waals surface area (Å²) >= 11 is 6.29. The van der Waals surface area contributed by atoms with Crippen molar-refractivity contribution in [3.8, 4) is 0 Å². The fraction of sp³-hybridized carbons (Fsp3) is 0.391. The summed E-state index contributed by atoms with van der Waals surface area (Å²) in [5.41, 5.74) is 6.59. The zero-order valence-corrected chi connectivity index (χ0v) is 17.6. The van der Waals surface area contributed by atoms with Gasteiger partial charge in [0.15, 0.2) is 0 Å². The third kappa shape index (κ3) is 4.29. The number of likely N-dealkylation sites (tertiary alicyclic amines) is 1. The molecule has 1 N–H and O–H groups in total. The highest BCUT2D eigenvalue weighted by molar-refractivity contribution is 6.31. The van der Waals surface area contributed by atoms with Gasteiger partial charge < -0.3 is 10.2 Å². The summed E-state index contributed by atoms with van der Waals surface area (Å²) < 4.78 is 0. The lowest BCUT2D eigenvalue weighted by atomic mass is 10.0. The number of anilines is 1. The first kappa shape index (κ1) is 19.2. The van der Waals surface area contributed by atoms with Crippen LogP contribution >= 0.6 is 11.6 Å². The van der Waals surface area contributed by atoms with E-state index in [1.807, 2.05) is 25.3 Å². The number of pyridine rings is 1. The highest BCUT2D eigenvalue weighted by Crippen LogP contribution is 2.28. The van der Waals surface area contributed by atoms with Crippen LogP contribution in [-0.2, 0) is 0 Å². The van der Waals surface area contributed by atoms with E-state index in [1.54, 1.807) is 0 Å². The molecule has 0 unspecified atom stereocenters. The van der Waals surface area contributed by atoms with E-state index in [9.17, 15) is 0 Å². The standard InChI is InChI=1S/C23H27ClN4/c1-15-10-22(27-23(11-15)26-19-6-8-28(3)9-7-19)18-13-21(25-14-18)17-5-4-16(2)20(24)12-17/h4-5,10-12,14,19H,6-9,13H2,1-3H3,(H,26,27). The second-order valence-electron chi connectivity index (χ2n) is 8.01. The van der Waals surface area contributed by atoms with Crippen molar-refractivity contribution in [2.24, 2.45) is 4.99 Å². The van der Waals surface area contributed by atoms with Crippen molar-refractivity contribution in [1.29, 1.82) is 0 Å². The first-order chi connectivity index (χ1) is 13.5. The second kappa shape index (κ2) is 8.06. The van der Waals surface area contributed by atoms with Crippen molar-refractivity contribution in [2.75, 3.05) is 25.5 Å². The molecule has 0 saturated carbocycles. The first-order valence-corrected chi connectivity index (χ1v) is 10.3. The molecule has 1 fully saturated rings. The van der Waals surface area contributed by atoms with E-state index >= 15 is 0 Å². The molecule has 3 heterocycles. The number of aryl methyl sites for hydroxylation is 2. The van der Waals surface area contributed by atoms with Crippen LogP contribution in [0.15, 0.2) is 41.5 Å². The van der Waals surface area contributed by atoms with Crippen LogP contribution in [-0.4, -0.2) is 41.8 Å². The Kier molecular flexibility index (Phi) is 5.51. The molecule has 0 amide bonds. The van der Waals surface area contributed by atoms with E-state index in [0.717, 1.165) is 71.3 Å². The summed E-state index contributed by atoms with van der Waals surface area (Å²) in [4.78, 5) is 11.9. The van der Waals surface area contributed by atoms with Gasteiger partial charge in [-0.25, -0.2) is 4.98 Å². The fourth-order valence-corrected chi connectivity index (χ4v) is 3.98. The van der Waals surface area contributed by atoms with E-state index in [1.165, 1.54) is 5.56 Å². The van der Waals surface area contributed by atoms with Gasteiger partial charge in [-0.2, -0.15) is 0 Å². The predicted octanol–water partition coefficient (Wildman–Crippen LogP) is 5.09. The molecule has 1 aromatic carbocycles. The SMILES string of the molecule is Cc1cc(NC2CCN(C)CC2)nc(C2=CN=C(c3ccc(C)c(Cl)c3)C2)c1. The average molecular weight is 395 g/mol. The Morgan fingerprint density at radius 3 is 2.64 bits per heavy atom. The van der Waals surface area contributed by atoms with Gasteiger partial charge in [-0.05, 0) is 81.7 Å². The zero-order valence-electron chi connectivity index (χ0n) is 16.8. The van der Waals surface area contributed by atoms with E-state index in [-0.39, 0.29) is 0 Å². The minimum atomic E-state index is 0.498. The van der Waals surface area contributed by atoms with Gasteiger partial charge >= 0.3 is 0 Å². The largest absolute Gasteiger partial charge is 0.367 e.